The fourth-order valence-electron chi connectivity index (χ4n) is 2.42. The number of carbonyl (C=O) groups is 2. The number of benzene rings is 1. The van der Waals surface area contributed by atoms with Gasteiger partial charge in [0.2, 0.25) is 12.3 Å². The first kappa shape index (κ1) is 18.5. The third-order valence-electron chi connectivity index (χ3n) is 4.56. The molecule has 0 spiro atoms. The standard InChI is InChI=1S/C17H25BN2O4/c1-16(2)17(3,4)24-18(23-16)14-7-5-6-13(10-14)8-9-20-15(22)11-19-12-21/h5-7,10,12H,8-9,11H2,1-4H3,(H,19,21)(H,20,22). The molecule has 1 aromatic rings. The highest BCUT2D eigenvalue weighted by atomic mass is 16.7. The lowest BCUT2D eigenvalue weighted by atomic mass is 9.78. The lowest BCUT2D eigenvalue weighted by Crippen LogP contribution is -2.41. The fraction of sp³-hybridized carbons (Fsp3) is 0.529. The highest BCUT2D eigenvalue weighted by Gasteiger charge is 2.51. The highest BCUT2D eigenvalue weighted by Crippen LogP contribution is 2.36. The average molecular weight is 332 g/mol. The summed E-state index contributed by atoms with van der Waals surface area (Å²) < 4.78 is 12.1. The van der Waals surface area contributed by atoms with Crippen molar-refractivity contribution in [3.05, 3.63) is 29.8 Å². The lowest BCUT2D eigenvalue weighted by Gasteiger charge is -2.32. The number of rotatable bonds is 7. The van der Waals surface area contributed by atoms with Gasteiger partial charge in [-0.1, -0.05) is 24.3 Å². The molecule has 0 saturated carbocycles. The zero-order chi connectivity index (χ0) is 17.8. The van der Waals surface area contributed by atoms with Crippen molar-refractivity contribution in [1.29, 1.82) is 0 Å². The van der Waals surface area contributed by atoms with Gasteiger partial charge in [0.05, 0.1) is 17.7 Å². The van der Waals surface area contributed by atoms with Gasteiger partial charge in [-0.25, -0.2) is 0 Å². The molecule has 1 heterocycles. The van der Waals surface area contributed by atoms with Crippen molar-refractivity contribution in [2.45, 2.75) is 45.3 Å². The molecule has 0 atom stereocenters. The van der Waals surface area contributed by atoms with Crippen molar-refractivity contribution in [2.24, 2.45) is 0 Å². The first-order chi connectivity index (χ1) is 11.2. The SMILES string of the molecule is CC1(C)OB(c2cccc(CCNC(=O)CNC=O)c2)OC1(C)C. The highest BCUT2D eigenvalue weighted by molar-refractivity contribution is 6.62. The van der Waals surface area contributed by atoms with Gasteiger partial charge in [0.1, 0.15) is 0 Å². The Morgan fingerprint density at radius 1 is 1.21 bits per heavy atom. The maximum atomic E-state index is 11.4. The molecule has 7 heteroatoms. The summed E-state index contributed by atoms with van der Waals surface area (Å²) in [5.74, 6) is -0.204. The van der Waals surface area contributed by atoms with E-state index in [1.165, 1.54) is 0 Å². The second-order valence-electron chi connectivity index (χ2n) is 6.93. The van der Waals surface area contributed by atoms with Crippen LogP contribution in [0.2, 0.25) is 0 Å². The van der Waals surface area contributed by atoms with Crippen LogP contribution in [0, 0.1) is 0 Å². The second kappa shape index (κ2) is 7.36. The fourth-order valence-corrected chi connectivity index (χ4v) is 2.42. The number of amides is 2. The van der Waals surface area contributed by atoms with E-state index in [9.17, 15) is 9.59 Å². The summed E-state index contributed by atoms with van der Waals surface area (Å²) in [4.78, 5) is 21.6. The van der Waals surface area contributed by atoms with Gasteiger partial charge >= 0.3 is 7.12 Å². The molecule has 0 aliphatic carbocycles. The van der Waals surface area contributed by atoms with E-state index in [4.69, 9.17) is 9.31 Å². The molecule has 6 nitrogen and oxygen atoms in total. The van der Waals surface area contributed by atoms with Crippen LogP contribution in [0.4, 0.5) is 0 Å². The number of carbonyl (C=O) groups excluding carboxylic acids is 2. The van der Waals surface area contributed by atoms with Gasteiger partial charge in [0, 0.05) is 6.54 Å². The Bertz CT molecular complexity index is 588. The smallest absolute Gasteiger partial charge is 0.399 e. The molecule has 1 saturated heterocycles. The van der Waals surface area contributed by atoms with Crippen LogP contribution >= 0.6 is 0 Å². The number of hydrogen-bond donors (Lipinski definition) is 2. The zero-order valence-electron chi connectivity index (χ0n) is 14.7. The molecule has 1 aliphatic heterocycles. The average Bonchev–Trinajstić information content (AvgIpc) is 2.74. The predicted molar refractivity (Wildman–Crippen MR) is 92.9 cm³/mol. The maximum Gasteiger partial charge on any atom is 0.494 e. The van der Waals surface area contributed by atoms with Crippen molar-refractivity contribution >= 4 is 24.9 Å². The third-order valence-corrected chi connectivity index (χ3v) is 4.56. The molecule has 0 unspecified atom stereocenters. The minimum atomic E-state index is -0.388. The van der Waals surface area contributed by atoms with Crippen molar-refractivity contribution in [2.75, 3.05) is 13.1 Å². The van der Waals surface area contributed by atoms with E-state index in [0.29, 0.717) is 19.4 Å². The van der Waals surface area contributed by atoms with E-state index >= 15 is 0 Å². The normalized spacial score (nSPS) is 18.2. The van der Waals surface area contributed by atoms with Crippen LogP contribution < -0.4 is 16.1 Å². The van der Waals surface area contributed by atoms with Gasteiger partial charge in [-0.2, -0.15) is 0 Å². The van der Waals surface area contributed by atoms with Gasteiger partial charge in [0.15, 0.2) is 0 Å². The zero-order valence-corrected chi connectivity index (χ0v) is 14.7. The van der Waals surface area contributed by atoms with Crippen molar-refractivity contribution in [3.8, 4) is 0 Å². The molecular formula is C17H25BN2O4. The van der Waals surface area contributed by atoms with Crippen molar-refractivity contribution < 1.29 is 18.9 Å². The Morgan fingerprint density at radius 3 is 2.50 bits per heavy atom. The molecule has 2 amide bonds. The summed E-state index contributed by atoms with van der Waals surface area (Å²) in [5.41, 5.74) is 1.33. The quantitative estimate of drug-likeness (QED) is 0.559. The van der Waals surface area contributed by atoms with E-state index in [2.05, 4.69) is 10.6 Å². The first-order valence-corrected chi connectivity index (χ1v) is 8.13. The molecular weight excluding hydrogens is 307 g/mol. The van der Waals surface area contributed by atoms with E-state index < -0.39 is 0 Å². The molecule has 130 valence electrons. The minimum Gasteiger partial charge on any atom is -0.399 e. The van der Waals surface area contributed by atoms with Crippen molar-refractivity contribution in [1.82, 2.24) is 10.6 Å². The molecule has 0 radical (unpaired) electrons. The van der Waals surface area contributed by atoms with Crippen LogP contribution in [0.15, 0.2) is 24.3 Å². The monoisotopic (exact) mass is 332 g/mol. The van der Waals surface area contributed by atoms with Gasteiger partial charge < -0.3 is 19.9 Å². The molecule has 0 aromatic heterocycles. The maximum absolute atomic E-state index is 11.4. The van der Waals surface area contributed by atoms with E-state index in [1.54, 1.807) is 0 Å². The molecule has 24 heavy (non-hydrogen) atoms. The summed E-state index contributed by atoms with van der Waals surface area (Å²) in [5, 5.41) is 5.09. The lowest BCUT2D eigenvalue weighted by molar-refractivity contribution is -0.122. The van der Waals surface area contributed by atoms with Crippen LogP contribution in [-0.4, -0.2) is 43.7 Å². The largest absolute Gasteiger partial charge is 0.494 e. The summed E-state index contributed by atoms with van der Waals surface area (Å²) in [6.07, 6.45) is 1.20. The van der Waals surface area contributed by atoms with Gasteiger partial charge in [-0.05, 0) is 45.1 Å². The third kappa shape index (κ3) is 4.36. The summed E-state index contributed by atoms with van der Waals surface area (Å²) in [6, 6.07) is 7.99. The first-order valence-electron chi connectivity index (χ1n) is 8.13. The molecule has 0 bridgehead atoms. The van der Waals surface area contributed by atoms with E-state index in [1.807, 2.05) is 52.0 Å². The van der Waals surface area contributed by atoms with Crippen molar-refractivity contribution in [3.63, 3.8) is 0 Å². The van der Waals surface area contributed by atoms with Crippen LogP contribution in [0.5, 0.6) is 0 Å². The number of hydrogen-bond acceptors (Lipinski definition) is 4. The van der Waals surface area contributed by atoms with E-state index in [0.717, 1.165) is 11.0 Å². The molecule has 2 rings (SSSR count). The molecule has 1 aliphatic rings. The van der Waals surface area contributed by atoms with Crippen LogP contribution in [0.3, 0.4) is 0 Å². The second-order valence-corrected chi connectivity index (χ2v) is 6.93. The molecule has 1 fully saturated rings. The minimum absolute atomic E-state index is 0.00252. The van der Waals surface area contributed by atoms with E-state index in [-0.39, 0.29) is 30.8 Å². The van der Waals surface area contributed by atoms with Gasteiger partial charge in [-0.15, -0.1) is 0 Å². The summed E-state index contributed by atoms with van der Waals surface area (Å²) >= 11 is 0. The summed E-state index contributed by atoms with van der Waals surface area (Å²) in [7, 11) is -0.388. The van der Waals surface area contributed by atoms with Gasteiger partial charge in [0.25, 0.3) is 0 Å². The Morgan fingerprint density at radius 2 is 1.88 bits per heavy atom. The Balaban J connectivity index is 1.93. The molecule has 2 N–H and O–H groups in total. The Labute approximate surface area is 143 Å². The number of nitrogens with one attached hydrogen (secondary N) is 2. The van der Waals surface area contributed by atoms with Crippen LogP contribution in [-0.2, 0) is 25.3 Å². The molecule has 1 aromatic carbocycles. The van der Waals surface area contributed by atoms with Crippen LogP contribution in [0.25, 0.3) is 0 Å². The Kier molecular flexibility index (Phi) is 5.67. The predicted octanol–water partition coefficient (Wildman–Crippen LogP) is 0.391. The summed E-state index contributed by atoms with van der Waals surface area (Å²) in [6.45, 7) is 8.61. The van der Waals surface area contributed by atoms with Gasteiger partial charge in [-0.3, -0.25) is 9.59 Å². The topological polar surface area (TPSA) is 76.7 Å². The Hall–Kier alpha value is -1.86. The van der Waals surface area contributed by atoms with Crippen LogP contribution in [0.1, 0.15) is 33.3 Å².